The second kappa shape index (κ2) is 9.86. The summed E-state index contributed by atoms with van der Waals surface area (Å²) >= 11 is 0. The number of H-pyrrole nitrogens is 1. The van der Waals surface area contributed by atoms with Crippen LogP contribution in [-0.4, -0.2) is 84.9 Å². The summed E-state index contributed by atoms with van der Waals surface area (Å²) in [5, 5.41) is 16.2. The number of carboxylic acid groups (broad SMARTS) is 1. The van der Waals surface area contributed by atoms with Gasteiger partial charge in [-0.25, -0.2) is 13.1 Å². The first-order valence-electron chi connectivity index (χ1n) is 10.2. The number of hydrogen-bond acceptors (Lipinski definition) is 7. The second-order valence-electron chi connectivity index (χ2n) is 7.84. The number of rotatable bonds is 6. The number of sulfonamides is 1. The lowest BCUT2D eigenvalue weighted by Crippen LogP contribution is -2.58. The summed E-state index contributed by atoms with van der Waals surface area (Å²) in [6.07, 6.45) is 8.01. The zero-order valence-corrected chi connectivity index (χ0v) is 17.6. The molecule has 4 heterocycles. The first-order chi connectivity index (χ1) is 14.4. The number of carbonyl (C=O) groups excluding carboxylic acids is 1. The van der Waals surface area contributed by atoms with Gasteiger partial charge in [0.1, 0.15) is 10.4 Å². The van der Waals surface area contributed by atoms with Crippen LogP contribution in [0.25, 0.3) is 0 Å². The number of amides is 1. The molecule has 11 nitrogen and oxygen atoms in total. The van der Waals surface area contributed by atoms with Crippen LogP contribution in [0.1, 0.15) is 38.5 Å². The number of ether oxygens (including phenoxy) is 1. The van der Waals surface area contributed by atoms with E-state index in [1.54, 1.807) is 0 Å². The second-order valence-corrected chi connectivity index (χ2v) is 9.56. The van der Waals surface area contributed by atoms with Crippen LogP contribution in [0.2, 0.25) is 0 Å². The molecular formula is C18H29N5O6S. The van der Waals surface area contributed by atoms with Crippen molar-refractivity contribution >= 4 is 22.4 Å². The average Bonchev–Trinajstić information content (AvgIpc) is 3.46. The molecule has 1 aromatic heterocycles. The van der Waals surface area contributed by atoms with Gasteiger partial charge < -0.3 is 15.2 Å². The van der Waals surface area contributed by atoms with Crippen LogP contribution in [-0.2, 0) is 24.3 Å². The Morgan fingerprint density at radius 1 is 1.43 bits per heavy atom. The lowest BCUT2D eigenvalue weighted by atomic mass is 9.85. The smallest absolute Gasteiger partial charge is 0.290 e. The predicted octanol–water partition coefficient (Wildman–Crippen LogP) is -0.319. The summed E-state index contributed by atoms with van der Waals surface area (Å²) in [4.78, 5) is 23.7. The minimum Gasteiger partial charge on any atom is -0.483 e. The van der Waals surface area contributed by atoms with E-state index in [9.17, 15) is 13.2 Å². The SMILES string of the molecule is O=C(NC[C@@H]1CCCO1)[C@@]12CCCCN1C[C@@H](NS(=O)(=O)c1cn[nH]c1)C2.O=CO. The van der Waals surface area contributed by atoms with Crippen LogP contribution in [0.3, 0.4) is 0 Å². The normalized spacial score (nSPS) is 28.9. The van der Waals surface area contributed by atoms with E-state index in [1.807, 2.05) is 0 Å². The van der Waals surface area contributed by atoms with E-state index in [0.717, 1.165) is 45.3 Å². The Kier molecular flexibility index (Phi) is 7.45. The fraction of sp³-hybridized carbons (Fsp3) is 0.722. The van der Waals surface area contributed by atoms with Crippen molar-refractivity contribution in [3.63, 3.8) is 0 Å². The fourth-order valence-corrected chi connectivity index (χ4v) is 5.74. The van der Waals surface area contributed by atoms with E-state index in [2.05, 4.69) is 25.1 Å². The van der Waals surface area contributed by atoms with E-state index in [-0.39, 0.29) is 29.4 Å². The molecule has 0 unspecified atom stereocenters. The molecule has 0 radical (unpaired) electrons. The maximum absolute atomic E-state index is 13.1. The Morgan fingerprint density at radius 2 is 2.23 bits per heavy atom. The quantitative estimate of drug-likeness (QED) is 0.436. The van der Waals surface area contributed by atoms with Crippen molar-refractivity contribution in [2.75, 3.05) is 26.2 Å². The number of piperidine rings is 1. The van der Waals surface area contributed by atoms with Crippen LogP contribution < -0.4 is 10.0 Å². The minimum absolute atomic E-state index is 0.00251. The van der Waals surface area contributed by atoms with E-state index in [0.29, 0.717) is 19.5 Å². The van der Waals surface area contributed by atoms with Crippen molar-refractivity contribution in [3.8, 4) is 0 Å². The monoisotopic (exact) mass is 443 g/mol. The van der Waals surface area contributed by atoms with Gasteiger partial charge in [0.05, 0.1) is 12.3 Å². The number of aromatic amines is 1. The highest BCUT2D eigenvalue weighted by Gasteiger charge is 2.52. The van der Waals surface area contributed by atoms with Gasteiger partial charge in [-0.15, -0.1) is 0 Å². The fourth-order valence-electron chi connectivity index (χ4n) is 4.61. The highest BCUT2D eigenvalue weighted by Crippen LogP contribution is 2.38. The van der Waals surface area contributed by atoms with Gasteiger partial charge in [0, 0.05) is 31.9 Å². The minimum atomic E-state index is -3.64. The number of hydrogen-bond donors (Lipinski definition) is 4. The molecule has 0 aromatic carbocycles. The molecule has 1 aromatic rings. The highest BCUT2D eigenvalue weighted by atomic mass is 32.2. The van der Waals surface area contributed by atoms with Gasteiger partial charge in [-0.3, -0.25) is 19.6 Å². The maximum Gasteiger partial charge on any atom is 0.290 e. The Balaban J connectivity index is 0.000000806. The van der Waals surface area contributed by atoms with Crippen LogP contribution in [0.5, 0.6) is 0 Å². The number of nitrogens with one attached hydrogen (secondary N) is 3. The third-order valence-electron chi connectivity index (χ3n) is 5.94. The van der Waals surface area contributed by atoms with Crippen molar-refractivity contribution in [2.24, 2.45) is 0 Å². The topological polar surface area (TPSA) is 154 Å². The molecule has 4 N–H and O–H groups in total. The zero-order valence-electron chi connectivity index (χ0n) is 16.7. The molecule has 0 bridgehead atoms. The lowest BCUT2D eigenvalue weighted by molar-refractivity contribution is -0.134. The van der Waals surface area contributed by atoms with Crippen LogP contribution in [0, 0.1) is 0 Å². The van der Waals surface area contributed by atoms with E-state index in [1.165, 1.54) is 12.4 Å². The van der Waals surface area contributed by atoms with Crippen molar-refractivity contribution in [2.45, 2.75) is 61.1 Å². The van der Waals surface area contributed by atoms with Gasteiger partial charge in [0.15, 0.2) is 0 Å². The van der Waals surface area contributed by atoms with Gasteiger partial charge in [0.25, 0.3) is 6.47 Å². The van der Waals surface area contributed by atoms with Crippen LogP contribution >= 0.6 is 0 Å². The predicted molar refractivity (Wildman–Crippen MR) is 106 cm³/mol. The molecule has 3 aliphatic rings. The zero-order chi connectivity index (χ0) is 21.6. The van der Waals surface area contributed by atoms with Gasteiger partial charge >= 0.3 is 0 Å². The molecule has 3 fully saturated rings. The first kappa shape index (κ1) is 22.7. The van der Waals surface area contributed by atoms with Crippen molar-refractivity contribution in [1.82, 2.24) is 25.1 Å². The van der Waals surface area contributed by atoms with Gasteiger partial charge in [-0.05, 0) is 45.1 Å². The van der Waals surface area contributed by atoms with Crippen LogP contribution in [0.15, 0.2) is 17.3 Å². The standard InChI is InChI=1S/C17H27N5O4S.CH2O2/c23-16(18-9-14-4-3-7-26-14)17-5-1-2-6-22(17)12-13(8-17)21-27(24,25)15-10-19-20-11-15;2-1-3/h10-11,13-14,21H,1-9,12H2,(H,18,23)(H,19,20);1H,(H,2,3)/t13-,14-,17-;/m0./s1. The number of aromatic nitrogens is 2. The summed E-state index contributed by atoms with van der Waals surface area (Å²) in [6.45, 7) is 2.40. The molecule has 0 spiro atoms. The number of carbonyl (C=O) groups is 2. The van der Waals surface area contributed by atoms with Crippen molar-refractivity contribution < 1.29 is 27.9 Å². The Morgan fingerprint density at radius 3 is 2.90 bits per heavy atom. The van der Waals surface area contributed by atoms with Crippen molar-refractivity contribution in [3.05, 3.63) is 12.4 Å². The highest BCUT2D eigenvalue weighted by molar-refractivity contribution is 7.89. The molecule has 0 aliphatic carbocycles. The third-order valence-corrected chi connectivity index (χ3v) is 7.43. The van der Waals surface area contributed by atoms with Gasteiger partial charge in [0.2, 0.25) is 15.9 Å². The molecule has 1 amide bonds. The van der Waals surface area contributed by atoms with Gasteiger partial charge in [-0.2, -0.15) is 5.10 Å². The lowest BCUT2D eigenvalue weighted by Gasteiger charge is -2.40. The molecule has 12 heteroatoms. The summed E-state index contributed by atoms with van der Waals surface area (Å²) in [6, 6.07) is -0.295. The Bertz CT molecular complexity index is 811. The molecule has 3 aliphatic heterocycles. The van der Waals surface area contributed by atoms with Crippen molar-refractivity contribution in [1.29, 1.82) is 0 Å². The summed E-state index contributed by atoms with van der Waals surface area (Å²) in [5.74, 6) is 0.00251. The number of fused-ring (bicyclic) bond motifs is 1. The van der Waals surface area contributed by atoms with Gasteiger partial charge in [-0.1, -0.05) is 0 Å². The van der Waals surface area contributed by atoms with E-state index >= 15 is 0 Å². The molecule has 30 heavy (non-hydrogen) atoms. The largest absolute Gasteiger partial charge is 0.483 e. The summed E-state index contributed by atoms with van der Waals surface area (Å²) < 4.78 is 33.4. The maximum atomic E-state index is 13.1. The molecule has 3 atom stereocenters. The van der Waals surface area contributed by atoms with E-state index < -0.39 is 15.6 Å². The molecular weight excluding hydrogens is 414 g/mol. The Labute approximate surface area is 175 Å². The summed E-state index contributed by atoms with van der Waals surface area (Å²) in [7, 11) is -3.64. The number of nitrogens with zero attached hydrogens (tertiary/aromatic N) is 2. The first-order valence-corrected chi connectivity index (χ1v) is 11.6. The van der Waals surface area contributed by atoms with E-state index in [4.69, 9.17) is 14.6 Å². The molecule has 4 rings (SSSR count). The van der Waals surface area contributed by atoms with Crippen LogP contribution in [0.4, 0.5) is 0 Å². The summed E-state index contributed by atoms with van der Waals surface area (Å²) in [5.41, 5.74) is -0.625. The molecule has 0 saturated carbocycles. The third kappa shape index (κ3) is 4.99. The Hall–Kier alpha value is -2.02. The molecule has 168 valence electrons. The molecule has 3 saturated heterocycles. The average molecular weight is 444 g/mol.